The van der Waals surface area contributed by atoms with E-state index in [9.17, 15) is 0 Å². The SMILES string of the molecule is CCNC(=NCC(c1cnn(C)c1)N(C)C)NCC(C)Oc1ccccc1OC. The summed E-state index contributed by atoms with van der Waals surface area (Å²) in [7, 11) is 7.67. The molecule has 0 fully saturated rings. The Morgan fingerprint density at radius 1 is 1.24 bits per heavy atom. The van der Waals surface area contributed by atoms with Crippen molar-refractivity contribution in [2.75, 3.05) is 40.8 Å². The van der Waals surface area contributed by atoms with Crippen molar-refractivity contribution in [2.45, 2.75) is 26.0 Å². The number of likely N-dealkylation sites (N-methyl/N-ethyl adjacent to an activating group) is 1. The topological polar surface area (TPSA) is 75.9 Å². The van der Waals surface area contributed by atoms with Gasteiger partial charge in [0.05, 0.1) is 32.4 Å². The number of hydrogen-bond acceptors (Lipinski definition) is 5. The Morgan fingerprint density at radius 3 is 2.55 bits per heavy atom. The summed E-state index contributed by atoms with van der Waals surface area (Å²) >= 11 is 0. The minimum Gasteiger partial charge on any atom is -0.493 e. The van der Waals surface area contributed by atoms with E-state index >= 15 is 0 Å². The lowest BCUT2D eigenvalue weighted by atomic mass is 10.1. The van der Waals surface area contributed by atoms with Gasteiger partial charge in [0, 0.05) is 25.4 Å². The molecule has 2 atom stereocenters. The average Bonchev–Trinajstić information content (AvgIpc) is 3.12. The van der Waals surface area contributed by atoms with E-state index in [-0.39, 0.29) is 12.1 Å². The molecule has 0 amide bonds. The molecule has 2 N–H and O–H groups in total. The molecule has 0 aliphatic rings. The van der Waals surface area contributed by atoms with E-state index in [4.69, 9.17) is 14.5 Å². The van der Waals surface area contributed by atoms with Crippen LogP contribution in [-0.4, -0.2) is 67.6 Å². The maximum Gasteiger partial charge on any atom is 0.191 e. The molecule has 160 valence electrons. The number of aryl methyl sites for hydroxylation is 1. The van der Waals surface area contributed by atoms with E-state index in [1.807, 2.05) is 55.3 Å². The second kappa shape index (κ2) is 11.3. The van der Waals surface area contributed by atoms with Gasteiger partial charge in [0.15, 0.2) is 17.5 Å². The Labute approximate surface area is 173 Å². The van der Waals surface area contributed by atoms with E-state index in [0.29, 0.717) is 13.1 Å². The maximum atomic E-state index is 6.01. The molecule has 29 heavy (non-hydrogen) atoms. The largest absolute Gasteiger partial charge is 0.493 e. The van der Waals surface area contributed by atoms with Crippen molar-refractivity contribution in [1.29, 1.82) is 0 Å². The number of hydrogen-bond donors (Lipinski definition) is 2. The molecule has 8 heteroatoms. The first-order valence-electron chi connectivity index (χ1n) is 9.91. The van der Waals surface area contributed by atoms with Gasteiger partial charge in [0.25, 0.3) is 0 Å². The highest BCUT2D eigenvalue weighted by Crippen LogP contribution is 2.26. The highest BCUT2D eigenvalue weighted by Gasteiger charge is 2.16. The first-order valence-corrected chi connectivity index (χ1v) is 9.91. The second-order valence-corrected chi connectivity index (χ2v) is 7.11. The van der Waals surface area contributed by atoms with Crippen LogP contribution in [0.25, 0.3) is 0 Å². The minimum absolute atomic E-state index is 0.0573. The number of nitrogens with zero attached hydrogens (tertiary/aromatic N) is 4. The number of nitrogens with one attached hydrogen (secondary N) is 2. The van der Waals surface area contributed by atoms with Gasteiger partial charge in [0.1, 0.15) is 6.10 Å². The van der Waals surface area contributed by atoms with Crippen LogP contribution < -0.4 is 20.1 Å². The summed E-state index contributed by atoms with van der Waals surface area (Å²) in [4.78, 5) is 6.92. The third-order valence-electron chi connectivity index (χ3n) is 4.45. The summed E-state index contributed by atoms with van der Waals surface area (Å²) in [5, 5.41) is 10.9. The van der Waals surface area contributed by atoms with Gasteiger partial charge in [-0.15, -0.1) is 0 Å². The summed E-state index contributed by atoms with van der Waals surface area (Å²) in [5.74, 6) is 2.22. The van der Waals surface area contributed by atoms with Crippen LogP contribution >= 0.6 is 0 Å². The molecule has 2 aromatic rings. The van der Waals surface area contributed by atoms with Gasteiger partial charge in [-0.3, -0.25) is 9.67 Å². The first-order chi connectivity index (χ1) is 13.9. The first kappa shape index (κ1) is 22.5. The van der Waals surface area contributed by atoms with Gasteiger partial charge < -0.3 is 25.0 Å². The van der Waals surface area contributed by atoms with Gasteiger partial charge in [-0.25, -0.2) is 0 Å². The van der Waals surface area contributed by atoms with Crippen molar-refractivity contribution in [2.24, 2.45) is 12.0 Å². The molecule has 0 saturated heterocycles. The van der Waals surface area contributed by atoms with Crippen LogP contribution in [0.3, 0.4) is 0 Å². The normalized spacial score (nSPS) is 13.8. The predicted octanol–water partition coefficient (Wildman–Crippen LogP) is 2.05. The molecule has 2 rings (SSSR count). The summed E-state index contributed by atoms with van der Waals surface area (Å²) < 4.78 is 13.2. The number of methoxy groups -OCH3 is 1. The fourth-order valence-corrected chi connectivity index (χ4v) is 2.91. The maximum absolute atomic E-state index is 6.01. The Morgan fingerprint density at radius 2 is 1.97 bits per heavy atom. The van der Waals surface area contributed by atoms with E-state index in [1.54, 1.807) is 7.11 Å². The monoisotopic (exact) mass is 402 g/mol. The van der Waals surface area contributed by atoms with Gasteiger partial charge in [-0.1, -0.05) is 12.1 Å². The van der Waals surface area contributed by atoms with E-state index < -0.39 is 0 Å². The number of guanidine groups is 1. The van der Waals surface area contributed by atoms with Crippen LogP contribution in [0.5, 0.6) is 11.5 Å². The van der Waals surface area contributed by atoms with Gasteiger partial charge in [-0.2, -0.15) is 5.10 Å². The van der Waals surface area contributed by atoms with E-state index in [0.717, 1.165) is 29.6 Å². The summed E-state index contributed by atoms with van der Waals surface area (Å²) in [6.07, 6.45) is 3.87. The highest BCUT2D eigenvalue weighted by atomic mass is 16.5. The van der Waals surface area contributed by atoms with Crippen molar-refractivity contribution in [3.63, 3.8) is 0 Å². The summed E-state index contributed by atoms with van der Waals surface area (Å²) in [5.41, 5.74) is 1.14. The summed E-state index contributed by atoms with van der Waals surface area (Å²) in [6, 6.07) is 7.81. The van der Waals surface area contributed by atoms with E-state index in [1.165, 1.54) is 0 Å². The number of rotatable bonds is 10. The third kappa shape index (κ3) is 6.98. The fraction of sp³-hybridized carbons (Fsp3) is 0.524. The standard InChI is InChI=1S/C21H34N6O2/c1-7-22-21(24-14-18(26(3)4)17-13-25-27(5)15-17)23-12-16(2)29-20-11-9-8-10-19(20)28-6/h8-11,13,15-16,18H,7,12,14H2,1-6H3,(H2,22,23,24). The average molecular weight is 403 g/mol. The van der Waals surface area contributed by atoms with Crippen LogP contribution in [0.15, 0.2) is 41.7 Å². The lowest BCUT2D eigenvalue weighted by Gasteiger charge is -2.23. The lowest BCUT2D eigenvalue weighted by Crippen LogP contribution is -2.42. The molecule has 1 aromatic carbocycles. The highest BCUT2D eigenvalue weighted by molar-refractivity contribution is 5.79. The molecule has 0 saturated carbocycles. The molecule has 0 aliphatic carbocycles. The Bertz CT molecular complexity index is 774. The predicted molar refractivity (Wildman–Crippen MR) is 117 cm³/mol. The molecule has 1 heterocycles. The van der Waals surface area contributed by atoms with Crippen LogP contribution in [0.1, 0.15) is 25.5 Å². The third-order valence-corrected chi connectivity index (χ3v) is 4.45. The minimum atomic E-state index is -0.0573. The molecule has 0 spiro atoms. The van der Waals surface area contributed by atoms with Gasteiger partial charge in [0.2, 0.25) is 0 Å². The molecular formula is C21H34N6O2. The molecule has 0 bridgehead atoms. The van der Waals surface area contributed by atoms with E-state index in [2.05, 4.69) is 41.7 Å². The Hall–Kier alpha value is -2.74. The van der Waals surface area contributed by atoms with Crippen molar-refractivity contribution < 1.29 is 9.47 Å². The molecule has 0 aliphatic heterocycles. The van der Waals surface area contributed by atoms with Crippen LogP contribution in [0.2, 0.25) is 0 Å². The number of aromatic nitrogens is 2. The Kier molecular flexibility index (Phi) is 8.79. The van der Waals surface area contributed by atoms with Gasteiger partial charge in [-0.05, 0) is 40.1 Å². The molecule has 8 nitrogen and oxygen atoms in total. The molecular weight excluding hydrogens is 368 g/mol. The number of aliphatic imine (C=N–C) groups is 1. The zero-order chi connectivity index (χ0) is 21.2. The van der Waals surface area contributed by atoms with Crippen molar-refractivity contribution in [1.82, 2.24) is 25.3 Å². The number of benzene rings is 1. The molecule has 2 unspecified atom stereocenters. The number of ether oxygens (including phenoxy) is 2. The molecule has 1 aromatic heterocycles. The zero-order valence-electron chi connectivity index (χ0n) is 18.3. The summed E-state index contributed by atoms with van der Waals surface area (Å²) in [6.45, 7) is 6.09. The van der Waals surface area contributed by atoms with Crippen LogP contribution in [0.4, 0.5) is 0 Å². The van der Waals surface area contributed by atoms with Crippen molar-refractivity contribution >= 4 is 5.96 Å². The van der Waals surface area contributed by atoms with Crippen molar-refractivity contribution in [3.8, 4) is 11.5 Å². The Balaban J connectivity index is 1.97. The molecule has 0 radical (unpaired) electrons. The second-order valence-electron chi connectivity index (χ2n) is 7.11. The zero-order valence-corrected chi connectivity index (χ0v) is 18.3. The number of para-hydroxylation sites is 2. The lowest BCUT2D eigenvalue weighted by molar-refractivity contribution is 0.213. The van der Waals surface area contributed by atoms with Crippen LogP contribution in [0, 0.1) is 0 Å². The quantitative estimate of drug-likeness (QED) is 0.468. The smallest absolute Gasteiger partial charge is 0.191 e. The fourth-order valence-electron chi connectivity index (χ4n) is 2.91. The van der Waals surface area contributed by atoms with Crippen molar-refractivity contribution in [3.05, 3.63) is 42.2 Å². The van der Waals surface area contributed by atoms with Crippen LogP contribution in [-0.2, 0) is 7.05 Å². The van der Waals surface area contributed by atoms with Gasteiger partial charge >= 0.3 is 0 Å².